The molecule has 23 heavy (non-hydrogen) atoms. The summed E-state index contributed by atoms with van der Waals surface area (Å²) >= 11 is 0. The van der Waals surface area contributed by atoms with Gasteiger partial charge in [0.05, 0.1) is 13.2 Å². The molecule has 0 saturated carbocycles. The van der Waals surface area contributed by atoms with Crippen molar-refractivity contribution in [3.63, 3.8) is 0 Å². The molecule has 120 valence electrons. The van der Waals surface area contributed by atoms with Crippen LogP contribution in [0.1, 0.15) is 29.9 Å². The van der Waals surface area contributed by atoms with Crippen LogP contribution in [-0.4, -0.2) is 43.5 Å². The molecular weight excluding hydrogens is 286 g/mol. The SMILES string of the molecule is O=C(CCCN1CCOCC1)C1Cc2cccc3cccc1c23. The number of ketones is 1. The number of rotatable bonds is 5. The van der Waals surface area contributed by atoms with E-state index >= 15 is 0 Å². The van der Waals surface area contributed by atoms with Crippen LogP contribution < -0.4 is 0 Å². The maximum absolute atomic E-state index is 12.8. The molecule has 0 amide bonds. The van der Waals surface area contributed by atoms with Crippen LogP contribution in [0.5, 0.6) is 0 Å². The zero-order chi connectivity index (χ0) is 15.6. The topological polar surface area (TPSA) is 29.5 Å². The highest BCUT2D eigenvalue weighted by molar-refractivity contribution is 5.98. The summed E-state index contributed by atoms with van der Waals surface area (Å²) in [6.45, 7) is 4.67. The van der Waals surface area contributed by atoms with Gasteiger partial charge in [-0.15, -0.1) is 0 Å². The second kappa shape index (κ2) is 6.42. The molecule has 2 aromatic carbocycles. The lowest BCUT2D eigenvalue weighted by Crippen LogP contribution is -2.37. The fourth-order valence-electron chi connectivity index (χ4n) is 4.00. The van der Waals surface area contributed by atoms with Gasteiger partial charge in [0, 0.05) is 25.4 Å². The number of ether oxygens (including phenoxy) is 1. The van der Waals surface area contributed by atoms with E-state index in [0.29, 0.717) is 12.2 Å². The van der Waals surface area contributed by atoms with E-state index in [-0.39, 0.29) is 5.92 Å². The highest BCUT2D eigenvalue weighted by Gasteiger charge is 2.29. The van der Waals surface area contributed by atoms with Gasteiger partial charge in [0.15, 0.2) is 0 Å². The number of nitrogens with zero attached hydrogens (tertiary/aromatic N) is 1. The minimum absolute atomic E-state index is 0.0702. The van der Waals surface area contributed by atoms with Gasteiger partial charge in [-0.2, -0.15) is 0 Å². The molecule has 3 nitrogen and oxygen atoms in total. The second-order valence-corrected chi connectivity index (χ2v) is 6.64. The molecule has 3 heteroatoms. The maximum atomic E-state index is 12.8. The summed E-state index contributed by atoms with van der Waals surface area (Å²) in [5.74, 6) is 0.475. The molecule has 2 aliphatic rings. The van der Waals surface area contributed by atoms with Crippen LogP contribution >= 0.6 is 0 Å². The minimum Gasteiger partial charge on any atom is -0.379 e. The molecule has 1 heterocycles. The Morgan fingerprint density at radius 2 is 1.91 bits per heavy atom. The van der Waals surface area contributed by atoms with Crippen molar-refractivity contribution in [2.75, 3.05) is 32.8 Å². The lowest BCUT2D eigenvalue weighted by atomic mass is 9.93. The van der Waals surface area contributed by atoms with Gasteiger partial charge in [0.25, 0.3) is 0 Å². The van der Waals surface area contributed by atoms with Crippen molar-refractivity contribution in [3.05, 3.63) is 47.5 Å². The van der Waals surface area contributed by atoms with Crippen LogP contribution in [0.25, 0.3) is 10.8 Å². The summed E-state index contributed by atoms with van der Waals surface area (Å²) in [6.07, 6.45) is 2.53. The van der Waals surface area contributed by atoms with E-state index in [1.54, 1.807) is 0 Å². The van der Waals surface area contributed by atoms with Gasteiger partial charge in [-0.25, -0.2) is 0 Å². The highest BCUT2D eigenvalue weighted by Crippen LogP contribution is 2.39. The van der Waals surface area contributed by atoms with Crippen LogP contribution in [0.15, 0.2) is 36.4 Å². The van der Waals surface area contributed by atoms with Crippen molar-refractivity contribution < 1.29 is 9.53 Å². The molecule has 4 rings (SSSR count). The second-order valence-electron chi connectivity index (χ2n) is 6.64. The first-order valence-electron chi connectivity index (χ1n) is 8.66. The van der Waals surface area contributed by atoms with Crippen molar-refractivity contribution in [3.8, 4) is 0 Å². The molecule has 2 aromatic rings. The predicted molar refractivity (Wildman–Crippen MR) is 91.9 cm³/mol. The largest absolute Gasteiger partial charge is 0.379 e. The fraction of sp³-hybridized carbons (Fsp3) is 0.450. The molecule has 0 bridgehead atoms. The van der Waals surface area contributed by atoms with E-state index in [0.717, 1.165) is 45.7 Å². The van der Waals surface area contributed by atoms with Crippen LogP contribution in [0, 0.1) is 0 Å². The van der Waals surface area contributed by atoms with Crippen LogP contribution in [0.3, 0.4) is 0 Å². The van der Waals surface area contributed by atoms with Crippen LogP contribution in [0.4, 0.5) is 0 Å². The van der Waals surface area contributed by atoms with Crippen molar-refractivity contribution in [2.45, 2.75) is 25.2 Å². The first kappa shape index (κ1) is 14.9. The van der Waals surface area contributed by atoms with Crippen molar-refractivity contribution in [1.82, 2.24) is 4.90 Å². The Morgan fingerprint density at radius 1 is 1.13 bits per heavy atom. The number of hydrogen-bond acceptors (Lipinski definition) is 3. The van der Waals surface area contributed by atoms with Gasteiger partial charge in [0.1, 0.15) is 5.78 Å². The zero-order valence-corrected chi connectivity index (χ0v) is 13.5. The number of benzene rings is 2. The van der Waals surface area contributed by atoms with Gasteiger partial charge < -0.3 is 4.74 Å². The molecule has 0 aromatic heterocycles. The smallest absolute Gasteiger partial charge is 0.140 e. The third kappa shape index (κ3) is 2.91. The fourth-order valence-corrected chi connectivity index (χ4v) is 4.00. The van der Waals surface area contributed by atoms with E-state index in [1.807, 2.05) is 0 Å². The average Bonchev–Trinajstić information content (AvgIpc) is 2.97. The molecule has 0 spiro atoms. The monoisotopic (exact) mass is 309 g/mol. The van der Waals surface area contributed by atoms with E-state index in [2.05, 4.69) is 41.3 Å². The number of carbonyl (C=O) groups excluding carboxylic acids is 1. The Balaban J connectivity index is 1.41. The summed E-state index contributed by atoms with van der Waals surface area (Å²) in [6, 6.07) is 12.8. The van der Waals surface area contributed by atoms with E-state index in [4.69, 9.17) is 4.74 Å². The molecule has 1 aliphatic carbocycles. The molecule has 1 atom stereocenters. The molecule has 0 radical (unpaired) electrons. The Hall–Kier alpha value is -1.71. The summed E-state index contributed by atoms with van der Waals surface area (Å²) in [5.41, 5.74) is 2.58. The summed E-state index contributed by atoms with van der Waals surface area (Å²) in [5, 5.41) is 2.59. The van der Waals surface area contributed by atoms with Crippen LogP contribution in [-0.2, 0) is 16.0 Å². The quantitative estimate of drug-likeness (QED) is 0.849. The minimum atomic E-state index is 0.0702. The van der Waals surface area contributed by atoms with Gasteiger partial charge in [-0.3, -0.25) is 9.69 Å². The third-order valence-electron chi connectivity index (χ3n) is 5.21. The lowest BCUT2D eigenvalue weighted by Gasteiger charge is -2.26. The molecule has 1 saturated heterocycles. The zero-order valence-electron chi connectivity index (χ0n) is 13.5. The summed E-state index contributed by atoms with van der Waals surface area (Å²) < 4.78 is 5.37. The molecule has 1 aliphatic heterocycles. The Morgan fingerprint density at radius 3 is 2.74 bits per heavy atom. The highest BCUT2D eigenvalue weighted by atomic mass is 16.5. The standard InChI is InChI=1S/C20H23NO2/c22-19(8-3-9-21-10-12-23-13-11-21)18-14-16-6-1-4-15-5-2-7-17(18)20(15)16/h1-2,4-7,18H,3,8-14H2. The Labute approximate surface area is 137 Å². The first-order valence-corrected chi connectivity index (χ1v) is 8.66. The number of morpholine rings is 1. The van der Waals surface area contributed by atoms with Crippen molar-refractivity contribution in [1.29, 1.82) is 0 Å². The Kier molecular flexibility index (Phi) is 4.15. The molecule has 1 unspecified atom stereocenters. The summed E-state index contributed by atoms with van der Waals surface area (Å²) in [4.78, 5) is 15.2. The van der Waals surface area contributed by atoms with Crippen molar-refractivity contribution >= 4 is 16.6 Å². The molecule has 1 fully saturated rings. The first-order chi connectivity index (χ1) is 11.3. The van der Waals surface area contributed by atoms with E-state index < -0.39 is 0 Å². The molecular formula is C20H23NO2. The van der Waals surface area contributed by atoms with Gasteiger partial charge in [0.2, 0.25) is 0 Å². The molecule has 0 N–H and O–H groups in total. The lowest BCUT2D eigenvalue weighted by molar-refractivity contribution is -0.120. The van der Waals surface area contributed by atoms with Gasteiger partial charge >= 0.3 is 0 Å². The third-order valence-corrected chi connectivity index (χ3v) is 5.21. The average molecular weight is 309 g/mol. The van der Waals surface area contributed by atoms with E-state index in [9.17, 15) is 4.79 Å². The number of carbonyl (C=O) groups is 1. The van der Waals surface area contributed by atoms with Crippen molar-refractivity contribution in [2.24, 2.45) is 0 Å². The van der Waals surface area contributed by atoms with Gasteiger partial charge in [-0.05, 0) is 41.3 Å². The Bertz CT molecular complexity index is 713. The predicted octanol–water partition coefficient (Wildman–Crippen LogP) is 3.16. The normalized spacial score (nSPS) is 21.0. The van der Waals surface area contributed by atoms with E-state index in [1.165, 1.54) is 21.9 Å². The number of hydrogen-bond donors (Lipinski definition) is 0. The van der Waals surface area contributed by atoms with Gasteiger partial charge in [-0.1, -0.05) is 36.4 Å². The number of Topliss-reactive ketones (excluding diaryl/α,β-unsaturated/α-hetero) is 1. The summed E-state index contributed by atoms with van der Waals surface area (Å²) in [7, 11) is 0. The maximum Gasteiger partial charge on any atom is 0.140 e. The van der Waals surface area contributed by atoms with Crippen LogP contribution in [0.2, 0.25) is 0 Å².